The van der Waals surface area contributed by atoms with Crippen molar-refractivity contribution >= 4 is 40.1 Å². The van der Waals surface area contributed by atoms with Gasteiger partial charge in [-0.05, 0) is 19.9 Å². The van der Waals surface area contributed by atoms with Crippen molar-refractivity contribution in [2.75, 3.05) is 17.2 Å². The van der Waals surface area contributed by atoms with Gasteiger partial charge >= 0.3 is 5.97 Å². The van der Waals surface area contributed by atoms with Crippen molar-refractivity contribution < 1.29 is 24.2 Å². The predicted octanol–water partition coefficient (Wildman–Crippen LogP) is 2.29. The Morgan fingerprint density at radius 3 is 2.32 bits per heavy atom. The first-order valence-corrected chi connectivity index (χ1v) is 7.76. The average Bonchev–Trinajstić information content (AvgIpc) is 2.75. The Morgan fingerprint density at radius 2 is 1.80 bits per heavy atom. The van der Waals surface area contributed by atoms with Crippen LogP contribution in [0.4, 0.5) is 11.4 Å². The second-order valence-electron chi connectivity index (χ2n) is 5.64. The first kappa shape index (κ1) is 18.3. The predicted molar refractivity (Wildman–Crippen MR) is 93.9 cm³/mol. The van der Waals surface area contributed by atoms with Crippen LogP contribution < -0.4 is 10.6 Å². The SMILES string of the molecule is CCOC(=O)c1c(C)n(C)c2cc(NC(C)=O)c(O)c(NC(C)=O)c12. The summed E-state index contributed by atoms with van der Waals surface area (Å²) >= 11 is 0. The second kappa shape index (κ2) is 6.84. The van der Waals surface area contributed by atoms with Crippen LogP contribution in [0.5, 0.6) is 5.75 Å². The molecule has 8 heteroatoms. The molecule has 2 rings (SSSR count). The molecule has 0 atom stereocenters. The molecule has 1 aromatic carbocycles. The Morgan fingerprint density at radius 1 is 1.20 bits per heavy atom. The second-order valence-corrected chi connectivity index (χ2v) is 5.64. The molecule has 25 heavy (non-hydrogen) atoms. The van der Waals surface area contributed by atoms with Gasteiger partial charge in [-0.3, -0.25) is 9.59 Å². The van der Waals surface area contributed by atoms with Gasteiger partial charge in [-0.1, -0.05) is 0 Å². The lowest BCUT2D eigenvalue weighted by Gasteiger charge is -2.14. The molecule has 0 saturated heterocycles. The number of carbonyl (C=O) groups excluding carboxylic acids is 3. The molecule has 0 unspecified atom stereocenters. The number of phenolic OH excluding ortho intramolecular Hbond substituents is 1. The molecule has 1 aromatic heterocycles. The van der Waals surface area contributed by atoms with Crippen molar-refractivity contribution in [3.8, 4) is 5.75 Å². The fourth-order valence-electron chi connectivity index (χ4n) is 2.74. The Hall–Kier alpha value is -3.03. The van der Waals surface area contributed by atoms with E-state index < -0.39 is 11.9 Å². The Bertz CT molecular complexity index is 883. The zero-order valence-electron chi connectivity index (χ0n) is 14.8. The number of fused-ring (bicyclic) bond motifs is 1. The van der Waals surface area contributed by atoms with Crippen molar-refractivity contribution in [3.05, 3.63) is 17.3 Å². The first-order chi connectivity index (χ1) is 11.7. The summed E-state index contributed by atoms with van der Waals surface area (Å²) in [6.45, 7) is 6.22. The number of ether oxygens (including phenoxy) is 1. The molecule has 0 fully saturated rings. The molecular weight excluding hydrogens is 326 g/mol. The number of esters is 1. The third kappa shape index (κ3) is 3.28. The van der Waals surface area contributed by atoms with Gasteiger partial charge in [-0.25, -0.2) is 4.79 Å². The van der Waals surface area contributed by atoms with Crippen LogP contribution >= 0.6 is 0 Å². The molecule has 3 N–H and O–H groups in total. The normalized spacial score (nSPS) is 10.6. The molecule has 0 aliphatic rings. The van der Waals surface area contributed by atoms with E-state index in [4.69, 9.17) is 4.74 Å². The smallest absolute Gasteiger partial charge is 0.340 e. The summed E-state index contributed by atoms with van der Waals surface area (Å²) in [5.41, 5.74) is 1.62. The van der Waals surface area contributed by atoms with Crippen molar-refractivity contribution in [1.82, 2.24) is 4.57 Å². The maximum absolute atomic E-state index is 12.4. The lowest BCUT2D eigenvalue weighted by molar-refractivity contribution is -0.115. The number of hydrogen-bond acceptors (Lipinski definition) is 5. The Labute approximate surface area is 144 Å². The topological polar surface area (TPSA) is 110 Å². The van der Waals surface area contributed by atoms with E-state index in [0.717, 1.165) is 0 Å². The van der Waals surface area contributed by atoms with E-state index in [-0.39, 0.29) is 35.2 Å². The summed E-state index contributed by atoms with van der Waals surface area (Å²) in [6, 6.07) is 1.55. The number of hydrogen-bond donors (Lipinski definition) is 3. The lowest BCUT2D eigenvalue weighted by Crippen LogP contribution is -2.11. The molecule has 0 saturated carbocycles. The monoisotopic (exact) mass is 347 g/mol. The van der Waals surface area contributed by atoms with Crippen LogP contribution in [0.25, 0.3) is 10.9 Å². The largest absolute Gasteiger partial charge is 0.504 e. The van der Waals surface area contributed by atoms with Crippen LogP contribution in [0.3, 0.4) is 0 Å². The zero-order chi connectivity index (χ0) is 18.9. The highest BCUT2D eigenvalue weighted by Gasteiger charge is 2.26. The van der Waals surface area contributed by atoms with Crippen molar-refractivity contribution in [2.45, 2.75) is 27.7 Å². The van der Waals surface area contributed by atoms with E-state index in [1.807, 2.05) is 0 Å². The fraction of sp³-hybridized carbons (Fsp3) is 0.353. The molecule has 0 bridgehead atoms. The van der Waals surface area contributed by atoms with Crippen molar-refractivity contribution in [3.63, 3.8) is 0 Å². The first-order valence-electron chi connectivity index (χ1n) is 7.76. The number of aromatic nitrogens is 1. The van der Waals surface area contributed by atoms with Crippen molar-refractivity contribution in [1.29, 1.82) is 0 Å². The van der Waals surface area contributed by atoms with Gasteiger partial charge in [0.05, 0.1) is 29.1 Å². The summed E-state index contributed by atoms with van der Waals surface area (Å²) in [6.07, 6.45) is 0. The van der Waals surface area contributed by atoms with Gasteiger partial charge in [0.15, 0.2) is 5.75 Å². The maximum Gasteiger partial charge on any atom is 0.340 e. The van der Waals surface area contributed by atoms with E-state index >= 15 is 0 Å². The minimum atomic E-state index is -0.552. The number of nitrogens with one attached hydrogen (secondary N) is 2. The van der Waals surface area contributed by atoms with Crippen LogP contribution in [0.1, 0.15) is 36.8 Å². The number of benzene rings is 1. The van der Waals surface area contributed by atoms with E-state index in [2.05, 4.69) is 10.6 Å². The highest BCUT2D eigenvalue weighted by Crippen LogP contribution is 2.43. The van der Waals surface area contributed by atoms with Crippen molar-refractivity contribution in [2.24, 2.45) is 7.05 Å². The van der Waals surface area contributed by atoms with Crippen LogP contribution in [0.15, 0.2) is 6.07 Å². The number of aryl methyl sites for hydroxylation is 1. The highest BCUT2D eigenvalue weighted by atomic mass is 16.5. The van der Waals surface area contributed by atoms with Gasteiger partial charge in [-0.15, -0.1) is 0 Å². The number of phenols is 1. The number of aromatic hydroxyl groups is 1. The number of carbonyl (C=O) groups is 3. The summed E-state index contributed by atoms with van der Waals surface area (Å²) < 4.78 is 6.84. The van der Waals surface area contributed by atoms with Crippen LogP contribution in [-0.4, -0.2) is 34.1 Å². The van der Waals surface area contributed by atoms with Gasteiger partial charge in [0.2, 0.25) is 11.8 Å². The fourth-order valence-corrected chi connectivity index (χ4v) is 2.74. The minimum Gasteiger partial charge on any atom is -0.504 e. The third-order valence-corrected chi connectivity index (χ3v) is 3.85. The zero-order valence-corrected chi connectivity index (χ0v) is 14.8. The molecule has 0 spiro atoms. The van der Waals surface area contributed by atoms with Crippen LogP contribution in [0.2, 0.25) is 0 Å². The molecule has 1 heterocycles. The minimum absolute atomic E-state index is 0.0560. The maximum atomic E-state index is 12.4. The molecule has 134 valence electrons. The van der Waals surface area contributed by atoms with Crippen LogP contribution in [-0.2, 0) is 21.4 Å². The van der Waals surface area contributed by atoms with Gasteiger partial charge < -0.3 is 25.0 Å². The third-order valence-electron chi connectivity index (χ3n) is 3.85. The van der Waals surface area contributed by atoms with Gasteiger partial charge in [-0.2, -0.15) is 0 Å². The number of anilines is 2. The van der Waals surface area contributed by atoms with E-state index in [1.165, 1.54) is 13.8 Å². The van der Waals surface area contributed by atoms with Gasteiger partial charge in [0, 0.05) is 32.0 Å². The summed E-state index contributed by atoms with van der Waals surface area (Å²) in [7, 11) is 1.74. The summed E-state index contributed by atoms with van der Waals surface area (Å²) in [5, 5.41) is 16.0. The Balaban J connectivity index is 2.90. The number of nitrogens with zero attached hydrogens (tertiary/aromatic N) is 1. The van der Waals surface area contributed by atoms with Gasteiger partial charge in [0.1, 0.15) is 0 Å². The molecule has 2 amide bonds. The standard InChI is InChI=1S/C17H21N3O5/c1-6-25-17(24)13-8(2)20(5)12-7-11(18-9(3)21)16(23)15(14(12)13)19-10(4)22/h7,23H,6H2,1-5H3,(H,18,21)(H,19,22). The summed E-state index contributed by atoms with van der Waals surface area (Å²) in [4.78, 5) is 35.4. The molecular formula is C17H21N3O5. The highest BCUT2D eigenvalue weighted by molar-refractivity contribution is 6.16. The number of rotatable bonds is 4. The lowest BCUT2D eigenvalue weighted by atomic mass is 10.1. The van der Waals surface area contributed by atoms with E-state index in [0.29, 0.717) is 16.6 Å². The van der Waals surface area contributed by atoms with Gasteiger partial charge in [0.25, 0.3) is 0 Å². The average molecular weight is 347 g/mol. The molecule has 2 aromatic rings. The van der Waals surface area contributed by atoms with E-state index in [1.54, 1.807) is 31.5 Å². The van der Waals surface area contributed by atoms with Crippen LogP contribution in [0, 0.1) is 6.92 Å². The quantitative estimate of drug-likeness (QED) is 0.581. The molecule has 0 aliphatic heterocycles. The molecule has 0 aliphatic carbocycles. The summed E-state index contributed by atoms with van der Waals surface area (Å²) in [5.74, 6) is -1.68. The molecule has 8 nitrogen and oxygen atoms in total. The van der Waals surface area contributed by atoms with E-state index in [9.17, 15) is 19.5 Å². The Kier molecular flexibility index (Phi) is 5.01. The molecule has 0 radical (unpaired) electrons. The number of amides is 2.